The number of carboxylic acid groups (broad SMARTS) is 1. The van der Waals surface area contributed by atoms with Crippen LogP contribution in [0.25, 0.3) is 0 Å². The van der Waals surface area contributed by atoms with E-state index in [0.717, 1.165) is 11.3 Å². The standard InChI is InChI=1S/C7H7BrN2O3S/c1-9-5(11)4-2-3(8)6(14-4)10-7(12)13/h2,10H,1H3,(H,9,11)(H,12,13). The van der Waals surface area contributed by atoms with Crippen molar-refractivity contribution in [2.45, 2.75) is 0 Å². The molecule has 0 saturated heterocycles. The summed E-state index contributed by atoms with van der Waals surface area (Å²) in [6.07, 6.45) is -1.16. The molecule has 7 heteroatoms. The lowest BCUT2D eigenvalue weighted by molar-refractivity contribution is 0.0967. The molecule has 1 aromatic heterocycles. The Morgan fingerprint density at radius 2 is 2.21 bits per heavy atom. The van der Waals surface area contributed by atoms with E-state index in [-0.39, 0.29) is 5.91 Å². The molecule has 14 heavy (non-hydrogen) atoms. The van der Waals surface area contributed by atoms with E-state index in [4.69, 9.17) is 5.11 Å². The number of halogens is 1. The summed E-state index contributed by atoms with van der Waals surface area (Å²) in [5.74, 6) is -0.242. The maximum atomic E-state index is 11.2. The Balaban J connectivity index is 2.93. The van der Waals surface area contributed by atoms with Crippen LogP contribution in [0, 0.1) is 0 Å². The topological polar surface area (TPSA) is 78.4 Å². The van der Waals surface area contributed by atoms with E-state index < -0.39 is 6.09 Å². The zero-order valence-electron chi connectivity index (χ0n) is 7.13. The van der Waals surface area contributed by atoms with Crippen LogP contribution in [0.3, 0.4) is 0 Å². The molecule has 76 valence electrons. The summed E-state index contributed by atoms with van der Waals surface area (Å²) in [6, 6.07) is 1.56. The van der Waals surface area contributed by atoms with Gasteiger partial charge in [0.15, 0.2) is 0 Å². The van der Waals surface area contributed by atoms with Crippen LogP contribution >= 0.6 is 27.3 Å². The Morgan fingerprint density at radius 1 is 1.57 bits per heavy atom. The molecule has 1 rings (SSSR count). The highest BCUT2D eigenvalue weighted by Gasteiger charge is 2.13. The largest absolute Gasteiger partial charge is 0.465 e. The van der Waals surface area contributed by atoms with E-state index >= 15 is 0 Å². The molecule has 0 radical (unpaired) electrons. The average Bonchev–Trinajstić information content (AvgIpc) is 2.46. The molecule has 0 unspecified atom stereocenters. The summed E-state index contributed by atoms with van der Waals surface area (Å²) in [5.41, 5.74) is 0. The number of rotatable bonds is 2. The highest BCUT2D eigenvalue weighted by Crippen LogP contribution is 2.32. The Bertz CT molecular complexity index is 377. The summed E-state index contributed by atoms with van der Waals surface area (Å²) in [4.78, 5) is 22.0. The first-order chi connectivity index (χ1) is 6.54. The SMILES string of the molecule is CNC(=O)c1cc(Br)c(NC(=O)O)s1. The number of nitrogens with one attached hydrogen (secondary N) is 2. The number of carbonyl (C=O) groups excluding carboxylic acids is 1. The van der Waals surface area contributed by atoms with Gasteiger partial charge in [-0.15, -0.1) is 11.3 Å². The van der Waals surface area contributed by atoms with Crippen molar-refractivity contribution in [2.75, 3.05) is 12.4 Å². The second-order valence-corrected chi connectivity index (χ2v) is 4.20. The van der Waals surface area contributed by atoms with Gasteiger partial charge in [0.25, 0.3) is 5.91 Å². The minimum Gasteiger partial charge on any atom is -0.465 e. The van der Waals surface area contributed by atoms with Crippen LogP contribution in [-0.4, -0.2) is 24.2 Å². The van der Waals surface area contributed by atoms with Crippen molar-refractivity contribution in [1.29, 1.82) is 0 Å². The summed E-state index contributed by atoms with van der Waals surface area (Å²) in [5, 5.41) is 13.5. The molecule has 0 spiro atoms. The van der Waals surface area contributed by atoms with Crippen LogP contribution in [0.4, 0.5) is 9.80 Å². The molecule has 0 aliphatic carbocycles. The van der Waals surface area contributed by atoms with Crippen molar-refractivity contribution >= 4 is 44.3 Å². The first-order valence-electron chi connectivity index (χ1n) is 3.56. The van der Waals surface area contributed by atoms with Crippen molar-refractivity contribution in [3.05, 3.63) is 15.4 Å². The number of hydrogen-bond donors (Lipinski definition) is 3. The third-order valence-electron chi connectivity index (χ3n) is 1.36. The van der Waals surface area contributed by atoms with E-state index in [9.17, 15) is 9.59 Å². The predicted octanol–water partition coefficient (Wildman–Crippen LogP) is 1.96. The molecular weight excluding hydrogens is 272 g/mol. The van der Waals surface area contributed by atoms with E-state index in [1.807, 2.05) is 0 Å². The fraction of sp³-hybridized carbons (Fsp3) is 0.143. The molecule has 5 nitrogen and oxygen atoms in total. The van der Waals surface area contributed by atoms with Gasteiger partial charge < -0.3 is 10.4 Å². The van der Waals surface area contributed by atoms with Gasteiger partial charge >= 0.3 is 6.09 Å². The zero-order chi connectivity index (χ0) is 10.7. The van der Waals surface area contributed by atoms with Crippen LogP contribution < -0.4 is 10.6 Å². The van der Waals surface area contributed by atoms with Crippen LogP contribution in [0.15, 0.2) is 10.5 Å². The molecule has 0 aliphatic rings. The summed E-state index contributed by atoms with van der Waals surface area (Å²) >= 11 is 4.22. The van der Waals surface area contributed by atoms with E-state index in [1.54, 1.807) is 6.07 Å². The van der Waals surface area contributed by atoms with Crippen molar-refractivity contribution < 1.29 is 14.7 Å². The van der Waals surface area contributed by atoms with Crippen molar-refractivity contribution in [1.82, 2.24) is 5.32 Å². The van der Waals surface area contributed by atoms with E-state index in [2.05, 4.69) is 26.6 Å². The number of anilines is 1. The van der Waals surface area contributed by atoms with Crippen LogP contribution in [0.2, 0.25) is 0 Å². The second-order valence-electron chi connectivity index (χ2n) is 2.30. The Hall–Kier alpha value is -1.08. The molecule has 0 aromatic carbocycles. The third-order valence-corrected chi connectivity index (χ3v) is 3.30. The minimum absolute atomic E-state index is 0.242. The normalized spacial score (nSPS) is 9.57. The molecule has 1 aromatic rings. The van der Waals surface area contributed by atoms with Gasteiger partial charge in [-0.3, -0.25) is 10.1 Å². The van der Waals surface area contributed by atoms with Crippen molar-refractivity contribution in [3.63, 3.8) is 0 Å². The van der Waals surface area contributed by atoms with Crippen LogP contribution in [0.1, 0.15) is 9.67 Å². The maximum Gasteiger partial charge on any atom is 0.409 e. The minimum atomic E-state index is -1.16. The van der Waals surface area contributed by atoms with Gasteiger partial charge in [0.1, 0.15) is 5.00 Å². The Morgan fingerprint density at radius 3 is 2.71 bits per heavy atom. The molecule has 0 fully saturated rings. The van der Waals surface area contributed by atoms with Gasteiger partial charge in [0.2, 0.25) is 0 Å². The van der Waals surface area contributed by atoms with Gasteiger partial charge in [-0.2, -0.15) is 0 Å². The first kappa shape index (κ1) is 11.0. The predicted molar refractivity (Wildman–Crippen MR) is 57.1 cm³/mol. The fourth-order valence-corrected chi connectivity index (χ4v) is 2.39. The molecule has 2 amide bonds. The summed E-state index contributed by atoms with van der Waals surface area (Å²) in [7, 11) is 1.51. The van der Waals surface area contributed by atoms with Crippen LogP contribution in [0.5, 0.6) is 0 Å². The number of hydrogen-bond acceptors (Lipinski definition) is 3. The first-order valence-corrected chi connectivity index (χ1v) is 5.17. The lowest BCUT2D eigenvalue weighted by Crippen LogP contribution is -2.16. The monoisotopic (exact) mass is 278 g/mol. The van der Waals surface area contributed by atoms with Gasteiger partial charge in [0.05, 0.1) is 9.35 Å². The Labute approximate surface area is 92.3 Å². The smallest absolute Gasteiger partial charge is 0.409 e. The van der Waals surface area contributed by atoms with Gasteiger partial charge in [-0.05, 0) is 22.0 Å². The van der Waals surface area contributed by atoms with Gasteiger partial charge in [-0.25, -0.2) is 4.79 Å². The van der Waals surface area contributed by atoms with E-state index in [1.165, 1.54) is 7.05 Å². The highest BCUT2D eigenvalue weighted by atomic mass is 79.9. The highest BCUT2D eigenvalue weighted by molar-refractivity contribution is 9.10. The molecule has 0 saturated carbocycles. The lowest BCUT2D eigenvalue weighted by atomic mass is 10.4. The second kappa shape index (κ2) is 4.43. The molecule has 0 atom stereocenters. The quantitative estimate of drug-likeness (QED) is 0.774. The lowest BCUT2D eigenvalue weighted by Gasteiger charge is -1.95. The summed E-state index contributed by atoms with van der Waals surface area (Å²) < 4.78 is 0.559. The van der Waals surface area contributed by atoms with Crippen molar-refractivity contribution in [2.24, 2.45) is 0 Å². The number of carbonyl (C=O) groups is 2. The van der Waals surface area contributed by atoms with E-state index in [0.29, 0.717) is 14.4 Å². The Kier molecular flexibility index (Phi) is 3.48. The summed E-state index contributed by atoms with van der Waals surface area (Å²) in [6.45, 7) is 0. The fourth-order valence-electron chi connectivity index (χ4n) is 0.786. The molecule has 3 N–H and O–H groups in total. The van der Waals surface area contributed by atoms with Gasteiger partial charge in [-0.1, -0.05) is 0 Å². The zero-order valence-corrected chi connectivity index (χ0v) is 9.53. The van der Waals surface area contributed by atoms with Crippen molar-refractivity contribution in [3.8, 4) is 0 Å². The van der Waals surface area contributed by atoms with Crippen LogP contribution in [-0.2, 0) is 0 Å². The molecule has 0 aliphatic heterocycles. The average molecular weight is 279 g/mol. The number of amides is 2. The third kappa shape index (κ3) is 2.46. The van der Waals surface area contributed by atoms with Gasteiger partial charge in [0, 0.05) is 7.05 Å². The molecule has 1 heterocycles. The maximum absolute atomic E-state index is 11.2. The molecule has 0 bridgehead atoms. The molecular formula is C7H7BrN2O3S. The number of thiophene rings is 1.